The smallest absolute Gasteiger partial charge is 0.354 e. The van der Waals surface area contributed by atoms with Crippen molar-refractivity contribution < 1.29 is 37.0 Å². The fourth-order valence-electron chi connectivity index (χ4n) is 1.19. The number of benzene rings is 1. The lowest BCUT2D eigenvalue weighted by Crippen LogP contribution is -2.61. The molecule has 0 radical (unpaired) electrons. The predicted octanol–water partition coefficient (Wildman–Crippen LogP) is 2.15. The van der Waals surface area contributed by atoms with Crippen molar-refractivity contribution in [3.8, 4) is 0 Å². The van der Waals surface area contributed by atoms with E-state index in [-0.39, 0.29) is 11.6 Å². The van der Waals surface area contributed by atoms with Crippen LogP contribution in [0.25, 0.3) is 6.08 Å². The lowest BCUT2D eigenvalue weighted by molar-refractivity contribution is -0.404. The maximum Gasteiger partial charge on any atom is 0.450 e. The molecule has 1 aromatic carbocycles. The van der Waals surface area contributed by atoms with E-state index in [2.05, 4.69) is 0 Å². The highest BCUT2D eigenvalue weighted by Crippen LogP contribution is 2.40. The quantitative estimate of drug-likeness (QED) is 0.508. The molecule has 0 aliphatic heterocycles. The van der Waals surface area contributed by atoms with Gasteiger partial charge in [0.2, 0.25) is 5.78 Å². The Morgan fingerprint density at radius 1 is 1.00 bits per heavy atom. The van der Waals surface area contributed by atoms with E-state index in [1.165, 1.54) is 24.3 Å². The van der Waals surface area contributed by atoms with Crippen LogP contribution in [0, 0.1) is 0 Å². The van der Waals surface area contributed by atoms with Crippen LogP contribution in [0.15, 0.2) is 36.4 Å². The highest BCUT2D eigenvalue weighted by atomic mass is 19.4. The van der Waals surface area contributed by atoms with Crippen LogP contribution >= 0.6 is 0 Å². The van der Waals surface area contributed by atoms with E-state index < -0.39 is 23.7 Å². The van der Waals surface area contributed by atoms with Crippen molar-refractivity contribution in [1.82, 2.24) is 0 Å². The van der Waals surface area contributed by atoms with Gasteiger partial charge in [0.25, 0.3) is 0 Å². The number of aliphatic hydroxyl groups is 2. The van der Waals surface area contributed by atoms with Gasteiger partial charge >= 0.3 is 17.9 Å². The Balaban J connectivity index is 2.99. The fourth-order valence-corrected chi connectivity index (χ4v) is 1.19. The first-order valence-electron chi connectivity index (χ1n) is 5.17. The minimum absolute atomic E-state index is 0.155. The molecule has 1 rings (SSSR count). The highest BCUT2D eigenvalue weighted by Gasteiger charge is 2.71. The van der Waals surface area contributed by atoms with E-state index in [0.717, 1.165) is 6.08 Å². The summed E-state index contributed by atoms with van der Waals surface area (Å²) < 4.78 is 62.6. The summed E-state index contributed by atoms with van der Waals surface area (Å²) in [7, 11) is 0. The van der Waals surface area contributed by atoms with Gasteiger partial charge in [-0.3, -0.25) is 4.79 Å². The molecule has 0 aliphatic rings. The lowest BCUT2D eigenvalue weighted by Gasteiger charge is -2.30. The van der Waals surface area contributed by atoms with Crippen molar-refractivity contribution >= 4 is 11.9 Å². The summed E-state index contributed by atoms with van der Waals surface area (Å²) in [6.07, 6.45) is -5.09. The molecule has 0 spiro atoms. The Labute approximate surface area is 110 Å². The van der Waals surface area contributed by atoms with E-state index >= 15 is 0 Å². The SMILES string of the molecule is O=C(/C=C/c1ccccc1)C(F)(F)C(O)(O)C(F)(F)F. The van der Waals surface area contributed by atoms with E-state index in [4.69, 9.17) is 10.2 Å². The van der Waals surface area contributed by atoms with E-state index in [1.54, 1.807) is 6.07 Å². The first-order chi connectivity index (χ1) is 9.00. The second kappa shape index (κ2) is 5.29. The maximum atomic E-state index is 13.2. The number of halogens is 5. The predicted molar refractivity (Wildman–Crippen MR) is 58.7 cm³/mol. The molecule has 0 bridgehead atoms. The van der Waals surface area contributed by atoms with Crippen LogP contribution in [0.5, 0.6) is 0 Å². The number of ketones is 1. The lowest BCUT2D eigenvalue weighted by atomic mass is 10.0. The number of carbonyl (C=O) groups excluding carboxylic acids is 1. The van der Waals surface area contributed by atoms with Gasteiger partial charge in [0.1, 0.15) is 0 Å². The number of hydrogen-bond donors (Lipinski definition) is 2. The molecular formula is C12H9F5O3. The zero-order chi connectivity index (χ0) is 15.6. The standard InChI is InChI=1S/C12H9F5O3/c13-10(14,11(19,20)12(15,16)17)9(18)7-6-8-4-2-1-3-5-8/h1-7,19-20H/b7-6+. The summed E-state index contributed by atoms with van der Waals surface area (Å²) in [5, 5.41) is 16.9. The summed E-state index contributed by atoms with van der Waals surface area (Å²) >= 11 is 0. The molecule has 0 saturated carbocycles. The molecule has 0 atom stereocenters. The molecule has 1 aromatic rings. The van der Waals surface area contributed by atoms with Crippen LogP contribution in [0.2, 0.25) is 0 Å². The van der Waals surface area contributed by atoms with Crippen molar-refractivity contribution in [3.63, 3.8) is 0 Å². The molecule has 0 amide bonds. The Kier molecular flexibility index (Phi) is 4.30. The minimum atomic E-state index is -6.08. The van der Waals surface area contributed by atoms with Crippen molar-refractivity contribution in [1.29, 1.82) is 0 Å². The van der Waals surface area contributed by atoms with Crippen LogP contribution in [0.4, 0.5) is 22.0 Å². The average Bonchev–Trinajstić information content (AvgIpc) is 2.35. The molecule has 0 unspecified atom stereocenters. The third kappa shape index (κ3) is 3.02. The van der Waals surface area contributed by atoms with Gasteiger partial charge in [0.05, 0.1) is 0 Å². The molecule has 0 aromatic heterocycles. The Hall–Kier alpha value is -1.80. The summed E-state index contributed by atoms with van der Waals surface area (Å²) in [6, 6.07) is 7.46. The number of rotatable bonds is 4. The van der Waals surface area contributed by atoms with Crippen LogP contribution in [-0.4, -0.2) is 33.9 Å². The molecule has 0 heterocycles. The third-order valence-electron chi connectivity index (χ3n) is 2.37. The Morgan fingerprint density at radius 3 is 1.95 bits per heavy atom. The molecule has 3 nitrogen and oxygen atoms in total. The molecular weight excluding hydrogens is 287 g/mol. The summed E-state index contributed by atoms with van der Waals surface area (Å²) in [6.45, 7) is 0. The summed E-state index contributed by atoms with van der Waals surface area (Å²) in [4.78, 5) is 11.1. The number of hydrogen-bond acceptors (Lipinski definition) is 3. The number of carbonyl (C=O) groups is 1. The van der Waals surface area contributed by atoms with Crippen LogP contribution < -0.4 is 0 Å². The van der Waals surface area contributed by atoms with Gasteiger partial charge in [-0.15, -0.1) is 0 Å². The van der Waals surface area contributed by atoms with Gasteiger partial charge in [0, 0.05) is 0 Å². The van der Waals surface area contributed by atoms with Crippen LogP contribution in [0.3, 0.4) is 0 Å². The average molecular weight is 296 g/mol. The van der Waals surface area contributed by atoms with Gasteiger partial charge in [-0.05, 0) is 11.6 Å². The van der Waals surface area contributed by atoms with Gasteiger partial charge < -0.3 is 10.2 Å². The van der Waals surface area contributed by atoms with E-state index in [0.29, 0.717) is 0 Å². The molecule has 0 fully saturated rings. The van der Waals surface area contributed by atoms with Crippen molar-refractivity contribution in [2.24, 2.45) is 0 Å². The summed E-state index contributed by atoms with van der Waals surface area (Å²) in [5.41, 5.74) is 0.283. The van der Waals surface area contributed by atoms with Gasteiger partial charge in [-0.25, -0.2) is 0 Å². The Bertz CT molecular complexity index is 506. The molecule has 110 valence electrons. The van der Waals surface area contributed by atoms with Crippen molar-refractivity contribution in [2.45, 2.75) is 17.9 Å². The first-order valence-corrected chi connectivity index (χ1v) is 5.17. The second-order valence-electron chi connectivity index (χ2n) is 3.85. The van der Waals surface area contributed by atoms with Gasteiger partial charge in [-0.2, -0.15) is 22.0 Å². The molecule has 0 aliphatic carbocycles. The highest BCUT2D eigenvalue weighted by molar-refractivity contribution is 5.99. The van der Waals surface area contributed by atoms with Crippen molar-refractivity contribution in [3.05, 3.63) is 42.0 Å². The zero-order valence-corrected chi connectivity index (χ0v) is 9.73. The fraction of sp³-hybridized carbons (Fsp3) is 0.250. The minimum Gasteiger partial charge on any atom is -0.354 e. The first kappa shape index (κ1) is 16.3. The maximum absolute atomic E-state index is 13.2. The van der Waals surface area contributed by atoms with Crippen LogP contribution in [0.1, 0.15) is 5.56 Å². The zero-order valence-electron chi connectivity index (χ0n) is 9.73. The Morgan fingerprint density at radius 2 is 1.50 bits per heavy atom. The van der Waals surface area contributed by atoms with E-state index in [1.807, 2.05) is 0 Å². The third-order valence-corrected chi connectivity index (χ3v) is 2.37. The molecule has 2 N–H and O–H groups in total. The van der Waals surface area contributed by atoms with Gasteiger partial charge in [-0.1, -0.05) is 36.4 Å². The normalized spacial score (nSPS) is 13.8. The number of alkyl halides is 5. The van der Waals surface area contributed by atoms with Crippen molar-refractivity contribution in [2.75, 3.05) is 0 Å². The molecule has 20 heavy (non-hydrogen) atoms. The monoisotopic (exact) mass is 296 g/mol. The summed E-state index contributed by atoms with van der Waals surface area (Å²) in [5.74, 6) is -13.2. The van der Waals surface area contributed by atoms with Crippen LogP contribution in [-0.2, 0) is 4.79 Å². The van der Waals surface area contributed by atoms with Gasteiger partial charge in [0.15, 0.2) is 0 Å². The molecule has 0 saturated heterocycles. The molecule has 8 heteroatoms. The number of allylic oxidation sites excluding steroid dienone is 1. The second-order valence-corrected chi connectivity index (χ2v) is 3.85. The van der Waals surface area contributed by atoms with E-state index in [9.17, 15) is 26.7 Å². The topological polar surface area (TPSA) is 57.5 Å². The largest absolute Gasteiger partial charge is 0.450 e.